The van der Waals surface area contributed by atoms with Crippen LogP contribution in [0.25, 0.3) is 0 Å². The van der Waals surface area contributed by atoms with E-state index < -0.39 is 16.8 Å². The van der Waals surface area contributed by atoms with Crippen LogP contribution in [0.3, 0.4) is 0 Å². The lowest BCUT2D eigenvalue weighted by molar-refractivity contribution is -0.384. The van der Waals surface area contributed by atoms with Crippen LogP contribution in [-0.4, -0.2) is 39.5 Å². The number of non-ortho nitro benzene ring substituents is 1. The van der Waals surface area contributed by atoms with E-state index in [-0.39, 0.29) is 17.3 Å². The van der Waals surface area contributed by atoms with Crippen LogP contribution in [0.1, 0.15) is 28.8 Å². The third-order valence-electron chi connectivity index (χ3n) is 5.51. The number of nitro benzene ring substituents is 1. The Balaban J connectivity index is 1.90. The van der Waals surface area contributed by atoms with Gasteiger partial charge in [-0.2, -0.15) is 0 Å². The Bertz CT molecular complexity index is 1080. The fraction of sp³-hybridized carbons (Fsp3) is 0.227. The summed E-state index contributed by atoms with van der Waals surface area (Å²) in [6.07, 6.45) is 0. The molecule has 0 spiro atoms. The smallest absolute Gasteiger partial charge is 0.269 e. The number of hydrogen-bond donors (Lipinski definition) is 1. The van der Waals surface area contributed by atoms with Gasteiger partial charge in [0.1, 0.15) is 5.82 Å². The van der Waals surface area contributed by atoms with Crippen LogP contribution in [0.5, 0.6) is 0 Å². The number of carbonyl (C=O) groups excluding carboxylic acids is 2. The standard InChI is InChI=1S/C22H19N3O4S/c1-13(26)17-18(14-7-9-16(10-8-14)25(28)29)19(20(27)15-5-3-2-4-6-15)22(30)24-12-11-23-21(17)24/h2-10,18-19,23H,11-12H2,1H3/t18-,19-/m0/s1. The van der Waals surface area contributed by atoms with Crippen LogP contribution >= 0.6 is 12.2 Å². The summed E-state index contributed by atoms with van der Waals surface area (Å²) < 4.78 is 0. The fourth-order valence-corrected chi connectivity index (χ4v) is 4.60. The molecule has 2 aromatic rings. The number of nitrogens with zero attached hydrogens (tertiary/aromatic N) is 2. The van der Waals surface area contributed by atoms with Crippen molar-refractivity contribution >= 4 is 34.5 Å². The Morgan fingerprint density at radius 2 is 1.80 bits per heavy atom. The highest BCUT2D eigenvalue weighted by molar-refractivity contribution is 7.80. The maximum atomic E-state index is 13.5. The van der Waals surface area contributed by atoms with Gasteiger partial charge < -0.3 is 10.2 Å². The third-order valence-corrected chi connectivity index (χ3v) is 5.99. The lowest BCUT2D eigenvalue weighted by Gasteiger charge is -2.39. The lowest BCUT2D eigenvalue weighted by atomic mass is 9.73. The van der Waals surface area contributed by atoms with Crippen molar-refractivity contribution < 1.29 is 14.5 Å². The van der Waals surface area contributed by atoms with Gasteiger partial charge in [-0.05, 0) is 12.5 Å². The molecule has 8 heteroatoms. The topological polar surface area (TPSA) is 92.6 Å². The predicted molar refractivity (Wildman–Crippen MR) is 115 cm³/mol. The number of fused-ring (bicyclic) bond motifs is 1. The highest BCUT2D eigenvalue weighted by Gasteiger charge is 2.47. The van der Waals surface area contributed by atoms with Gasteiger partial charge in [0.05, 0.1) is 15.8 Å². The van der Waals surface area contributed by atoms with Crippen molar-refractivity contribution in [2.75, 3.05) is 13.1 Å². The summed E-state index contributed by atoms with van der Waals surface area (Å²) in [6.45, 7) is 2.67. The molecule has 0 aliphatic carbocycles. The quantitative estimate of drug-likeness (QED) is 0.343. The molecule has 4 rings (SSSR count). The average Bonchev–Trinajstić information content (AvgIpc) is 3.23. The number of thiocarbonyl (C=S) groups is 1. The van der Waals surface area contributed by atoms with Crippen molar-refractivity contribution in [1.82, 2.24) is 10.2 Å². The predicted octanol–water partition coefficient (Wildman–Crippen LogP) is 3.22. The van der Waals surface area contributed by atoms with Gasteiger partial charge in [-0.1, -0.05) is 54.7 Å². The zero-order chi connectivity index (χ0) is 21.4. The molecule has 152 valence electrons. The van der Waals surface area contributed by atoms with Gasteiger partial charge in [-0.25, -0.2) is 0 Å². The molecular formula is C22H19N3O4S. The molecule has 2 heterocycles. The van der Waals surface area contributed by atoms with Crippen LogP contribution in [-0.2, 0) is 4.79 Å². The first-order valence-corrected chi connectivity index (χ1v) is 9.95. The van der Waals surface area contributed by atoms with E-state index in [1.807, 2.05) is 11.0 Å². The van der Waals surface area contributed by atoms with Crippen molar-refractivity contribution in [2.24, 2.45) is 5.92 Å². The van der Waals surface area contributed by atoms with Gasteiger partial charge in [0, 0.05) is 42.3 Å². The molecule has 1 N–H and O–H groups in total. The summed E-state index contributed by atoms with van der Waals surface area (Å²) in [6, 6.07) is 14.8. The Hall–Kier alpha value is -3.39. The minimum Gasteiger partial charge on any atom is -0.369 e. The fourth-order valence-electron chi connectivity index (χ4n) is 4.17. The lowest BCUT2D eigenvalue weighted by Crippen LogP contribution is -2.46. The molecule has 0 unspecified atom stereocenters. The summed E-state index contributed by atoms with van der Waals surface area (Å²) in [4.78, 5) is 39.2. The van der Waals surface area contributed by atoms with E-state index in [1.54, 1.807) is 36.4 Å². The second-order valence-electron chi connectivity index (χ2n) is 7.27. The summed E-state index contributed by atoms with van der Waals surface area (Å²) in [5.41, 5.74) is 1.57. The van der Waals surface area contributed by atoms with Crippen LogP contribution < -0.4 is 5.32 Å². The van der Waals surface area contributed by atoms with Gasteiger partial charge in [-0.3, -0.25) is 19.7 Å². The van der Waals surface area contributed by atoms with Gasteiger partial charge in [0.2, 0.25) is 0 Å². The molecule has 2 aromatic carbocycles. The molecule has 0 aromatic heterocycles. The third kappa shape index (κ3) is 3.29. The van der Waals surface area contributed by atoms with E-state index >= 15 is 0 Å². The van der Waals surface area contributed by atoms with Gasteiger partial charge >= 0.3 is 0 Å². The minimum atomic E-state index is -0.758. The van der Waals surface area contributed by atoms with E-state index in [0.717, 1.165) is 0 Å². The number of nitro groups is 1. The summed E-state index contributed by atoms with van der Waals surface area (Å²) in [7, 11) is 0. The van der Waals surface area contributed by atoms with Gasteiger partial charge in [-0.15, -0.1) is 0 Å². The molecule has 30 heavy (non-hydrogen) atoms. The number of Topliss-reactive ketones (excluding diaryl/α,β-unsaturated/α-hetero) is 2. The summed E-state index contributed by atoms with van der Waals surface area (Å²) in [5, 5.41) is 14.3. The van der Waals surface area contributed by atoms with Crippen LogP contribution in [0.15, 0.2) is 66.0 Å². The first-order chi connectivity index (χ1) is 14.4. The van der Waals surface area contributed by atoms with Crippen molar-refractivity contribution in [1.29, 1.82) is 0 Å². The first-order valence-electron chi connectivity index (χ1n) is 9.54. The highest BCUT2D eigenvalue weighted by Crippen LogP contribution is 2.43. The first kappa shape index (κ1) is 19.9. The largest absolute Gasteiger partial charge is 0.369 e. The van der Waals surface area contributed by atoms with E-state index in [0.29, 0.717) is 40.6 Å². The molecule has 1 saturated heterocycles. The average molecular weight is 421 g/mol. The highest BCUT2D eigenvalue weighted by atomic mass is 32.1. The second-order valence-corrected chi connectivity index (χ2v) is 7.69. The number of hydrogen-bond acceptors (Lipinski definition) is 6. The van der Waals surface area contributed by atoms with E-state index in [1.165, 1.54) is 19.1 Å². The van der Waals surface area contributed by atoms with Crippen LogP contribution in [0.4, 0.5) is 5.69 Å². The van der Waals surface area contributed by atoms with Crippen LogP contribution in [0.2, 0.25) is 0 Å². The number of carbonyl (C=O) groups is 2. The molecule has 0 amide bonds. The summed E-state index contributed by atoms with van der Waals surface area (Å²) in [5.74, 6) is -1.09. The van der Waals surface area contributed by atoms with E-state index in [4.69, 9.17) is 12.2 Å². The molecule has 0 bridgehead atoms. The molecule has 2 atom stereocenters. The van der Waals surface area contributed by atoms with Gasteiger partial charge in [0.25, 0.3) is 5.69 Å². The Morgan fingerprint density at radius 1 is 1.13 bits per heavy atom. The molecule has 2 aliphatic rings. The normalized spacial score (nSPS) is 20.6. The van der Waals surface area contributed by atoms with Crippen molar-refractivity contribution in [3.63, 3.8) is 0 Å². The van der Waals surface area contributed by atoms with Crippen LogP contribution in [0, 0.1) is 16.0 Å². The monoisotopic (exact) mass is 421 g/mol. The number of ketones is 2. The number of nitrogens with one attached hydrogen (secondary N) is 1. The molecule has 0 radical (unpaired) electrons. The SMILES string of the molecule is CC(=O)C1=C2NCCN2C(=S)[C@H](C(=O)c2ccccc2)[C@H]1c1ccc([N+](=O)[O-])cc1. The number of rotatable bonds is 5. The Labute approximate surface area is 178 Å². The van der Waals surface area contributed by atoms with Crippen molar-refractivity contribution in [2.45, 2.75) is 12.8 Å². The Morgan fingerprint density at radius 3 is 2.40 bits per heavy atom. The maximum absolute atomic E-state index is 13.5. The van der Waals surface area contributed by atoms with Crippen molar-refractivity contribution in [3.05, 3.63) is 87.2 Å². The molecular weight excluding hydrogens is 402 g/mol. The van der Waals surface area contributed by atoms with E-state index in [2.05, 4.69) is 5.32 Å². The zero-order valence-corrected chi connectivity index (χ0v) is 17.0. The number of benzene rings is 2. The Kier molecular flexibility index (Phi) is 5.17. The molecule has 2 aliphatic heterocycles. The molecule has 0 saturated carbocycles. The second kappa shape index (κ2) is 7.79. The number of allylic oxidation sites excluding steroid dienone is 1. The van der Waals surface area contributed by atoms with Gasteiger partial charge in [0.15, 0.2) is 11.6 Å². The molecule has 7 nitrogen and oxygen atoms in total. The van der Waals surface area contributed by atoms with Crippen molar-refractivity contribution in [3.8, 4) is 0 Å². The summed E-state index contributed by atoms with van der Waals surface area (Å²) >= 11 is 5.74. The zero-order valence-electron chi connectivity index (χ0n) is 16.2. The maximum Gasteiger partial charge on any atom is 0.269 e. The minimum absolute atomic E-state index is 0.0549. The van der Waals surface area contributed by atoms with E-state index in [9.17, 15) is 19.7 Å². The molecule has 1 fully saturated rings.